The monoisotopic (exact) mass is 435 g/mol. The van der Waals surface area contributed by atoms with Gasteiger partial charge in [0.1, 0.15) is 0 Å². The molecule has 15 heavy (non-hydrogen) atoms. The van der Waals surface area contributed by atoms with Gasteiger partial charge in [-0.05, 0) is 18.8 Å². The fourth-order valence-electron chi connectivity index (χ4n) is 2.43. The van der Waals surface area contributed by atoms with Crippen LogP contribution in [-0.4, -0.2) is 56.9 Å². The second-order valence-electron chi connectivity index (χ2n) is 4.59. The van der Waals surface area contributed by atoms with Crippen LogP contribution in [0, 0.1) is 5.92 Å². The molecule has 0 aromatic carbocycles. The molecule has 0 aromatic heterocycles. The van der Waals surface area contributed by atoms with Crippen LogP contribution >= 0.6 is 45.7 Å². The predicted molar refractivity (Wildman–Crippen MR) is 80.4 cm³/mol. The predicted octanol–water partition coefficient (Wildman–Crippen LogP) is 2.02. The van der Waals surface area contributed by atoms with Crippen LogP contribution in [0.4, 0.5) is 0 Å². The Labute approximate surface area is 121 Å². The maximum absolute atomic E-state index is 2.65. The van der Waals surface area contributed by atoms with Crippen LogP contribution in [0.1, 0.15) is 12.8 Å². The molecule has 2 heterocycles. The van der Waals surface area contributed by atoms with Crippen molar-refractivity contribution in [1.29, 1.82) is 0 Å². The third-order valence-corrected chi connectivity index (χ3v) is 5.14. The van der Waals surface area contributed by atoms with Crippen LogP contribution in [0.3, 0.4) is 0 Å². The summed E-state index contributed by atoms with van der Waals surface area (Å²) in [4.78, 5) is 2.65. The summed E-state index contributed by atoms with van der Waals surface area (Å²) in [5.74, 6) is 0.913. The van der Waals surface area contributed by atoms with Gasteiger partial charge in [-0.1, -0.05) is 0 Å². The van der Waals surface area contributed by atoms with Crippen molar-refractivity contribution in [1.82, 2.24) is 11.1 Å². The van der Waals surface area contributed by atoms with E-state index in [0.717, 1.165) is 5.92 Å². The fraction of sp³-hybridized carbons (Fsp3) is 1.00. The number of rotatable bonds is 2. The van der Waals surface area contributed by atoms with Crippen LogP contribution in [-0.2, 0) is 0 Å². The van der Waals surface area contributed by atoms with Gasteiger partial charge in [0.25, 0.3) is 0 Å². The molecule has 5 heteroatoms. The number of halogens is 2. The summed E-state index contributed by atoms with van der Waals surface area (Å²) >= 11 is 4.91. The highest BCUT2D eigenvalue weighted by atomic mass is 127. The first kappa shape index (κ1) is 12.8. The van der Waals surface area contributed by atoms with Gasteiger partial charge < -0.3 is 4.90 Å². The molecule has 2 aliphatic rings. The Morgan fingerprint density at radius 1 is 0.933 bits per heavy atom. The molecule has 3 nitrogen and oxygen atoms in total. The lowest BCUT2D eigenvalue weighted by Gasteiger charge is -2.36. The summed E-state index contributed by atoms with van der Waals surface area (Å²) in [5.41, 5.74) is 0. The summed E-state index contributed by atoms with van der Waals surface area (Å²) in [6.07, 6.45) is 2.82. The van der Waals surface area contributed by atoms with E-state index < -0.39 is 0 Å². The van der Waals surface area contributed by atoms with Gasteiger partial charge in [-0.25, -0.2) is 6.23 Å². The topological polar surface area (TPSA) is 9.72 Å². The molecule has 2 aliphatic heterocycles. The normalized spacial score (nSPS) is 32.0. The van der Waals surface area contributed by atoms with Gasteiger partial charge in [0.2, 0.25) is 0 Å². The molecular weight excluding hydrogens is 416 g/mol. The molecule has 2 rings (SSSR count). The highest BCUT2D eigenvalue weighted by Gasteiger charge is 2.22. The third kappa shape index (κ3) is 4.25. The largest absolute Gasteiger partial charge is 0.300 e. The van der Waals surface area contributed by atoms with Crippen molar-refractivity contribution in [2.75, 3.05) is 45.8 Å². The molecule has 0 unspecified atom stereocenters. The van der Waals surface area contributed by atoms with Gasteiger partial charge in [-0.2, -0.15) is 0 Å². The van der Waals surface area contributed by atoms with E-state index in [1.54, 1.807) is 0 Å². The lowest BCUT2D eigenvalue weighted by molar-refractivity contribution is 0.154. The van der Waals surface area contributed by atoms with Gasteiger partial charge in [-0.3, -0.25) is 0 Å². The smallest absolute Gasteiger partial charge is 0.0209 e. The van der Waals surface area contributed by atoms with E-state index in [0.29, 0.717) is 0 Å². The molecule has 0 amide bonds. The summed E-state index contributed by atoms with van der Waals surface area (Å²) in [6.45, 7) is 8.91. The lowest BCUT2D eigenvalue weighted by atomic mass is 9.99. The minimum Gasteiger partial charge on any atom is -0.300 e. The van der Waals surface area contributed by atoms with Crippen LogP contribution < -0.4 is 0 Å². The van der Waals surface area contributed by atoms with Gasteiger partial charge in [0.15, 0.2) is 0 Å². The molecule has 0 saturated carbocycles. The Balaban J connectivity index is 1.71. The van der Waals surface area contributed by atoms with Crippen molar-refractivity contribution < 1.29 is 0 Å². The zero-order chi connectivity index (χ0) is 10.7. The fourth-order valence-corrected chi connectivity index (χ4v) is 3.76. The summed E-state index contributed by atoms with van der Waals surface area (Å²) < 4.78 is 4.86. The molecule has 0 aromatic rings. The molecule has 0 spiro atoms. The van der Waals surface area contributed by atoms with Crippen LogP contribution in [0.15, 0.2) is 0 Å². The first-order valence-electron chi connectivity index (χ1n) is 5.78. The molecule has 1 atom stereocenters. The SMILES string of the molecule is IN1CCN(C[C@@H]2CCCN(I)C2)CC1. The van der Waals surface area contributed by atoms with E-state index in [1.807, 2.05) is 0 Å². The number of hydrogen-bond donors (Lipinski definition) is 0. The van der Waals surface area contributed by atoms with Crippen molar-refractivity contribution in [3.05, 3.63) is 0 Å². The highest BCUT2D eigenvalue weighted by molar-refractivity contribution is 14.1. The van der Waals surface area contributed by atoms with E-state index >= 15 is 0 Å². The molecule has 0 N–H and O–H groups in total. The Morgan fingerprint density at radius 3 is 2.33 bits per heavy atom. The van der Waals surface area contributed by atoms with Crippen LogP contribution in [0.2, 0.25) is 0 Å². The molecule has 88 valence electrons. The molecule has 0 bridgehead atoms. The first-order chi connectivity index (χ1) is 7.24. The Kier molecular flexibility index (Phi) is 5.39. The van der Waals surface area contributed by atoms with Crippen molar-refractivity contribution in [3.63, 3.8) is 0 Å². The number of piperazine rings is 1. The minimum atomic E-state index is 0.913. The number of hydrogen-bond acceptors (Lipinski definition) is 3. The first-order valence-corrected chi connectivity index (χ1v) is 7.71. The zero-order valence-corrected chi connectivity index (χ0v) is 13.4. The van der Waals surface area contributed by atoms with Gasteiger partial charge >= 0.3 is 0 Å². The van der Waals surface area contributed by atoms with Crippen LogP contribution in [0.5, 0.6) is 0 Å². The average molecular weight is 435 g/mol. The third-order valence-electron chi connectivity index (χ3n) is 3.30. The molecule has 0 radical (unpaired) electrons. The average Bonchev–Trinajstić information content (AvgIpc) is 2.22. The van der Waals surface area contributed by atoms with Crippen molar-refractivity contribution in [2.24, 2.45) is 5.92 Å². The summed E-state index contributed by atoms with van der Waals surface area (Å²) in [7, 11) is 0. The quantitative estimate of drug-likeness (QED) is 0.486. The minimum absolute atomic E-state index is 0.913. The second kappa shape index (κ2) is 6.32. The standard InChI is InChI=1S/C10H19I2N3/c11-14-6-4-13(5-7-14)8-10-2-1-3-15(12)9-10/h10H,1-9H2/t10-/m0/s1. The highest BCUT2D eigenvalue weighted by Crippen LogP contribution is 2.20. The van der Waals surface area contributed by atoms with E-state index in [9.17, 15) is 0 Å². The van der Waals surface area contributed by atoms with E-state index in [-0.39, 0.29) is 0 Å². The molecule has 2 fully saturated rings. The number of piperidine rings is 1. The lowest BCUT2D eigenvalue weighted by Crippen LogP contribution is -2.46. The van der Waals surface area contributed by atoms with Crippen molar-refractivity contribution in [3.8, 4) is 0 Å². The van der Waals surface area contributed by atoms with E-state index in [2.05, 4.69) is 56.9 Å². The maximum atomic E-state index is 2.65. The summed E-state index contributed by atoms with van der Waals surface area (Å²) in [5, 5.41) is 0. The van der Waals surface area contributed by atoms with Gasteiger partial charge in [0.05, 0.1) is 0 Å². The Morgan fingerprint density at radius 2 is 1.67 bits per heavy atom. The molecule has 2 saturated heterocycles. The number of nitrogens with zero attached hydrogens (tertiary/aromatic N) is 3. The zero-order valence-electron chi connectivity index (χ0n) is 9.04. The summed E-state index contributed by atoms with van der Waals surface area (Å²) in [6, 6.07) is 0. The molecular formula is C10H19I2N3. The van der Waals surface area contributed by atoms with Crippen LogP contribution in [0.25, 0.3) is 0 Å². The second-order valence-corrected chi connectivity index (χ2v) is 7.32. The van der Waals surface area contributed by atoms with Crippen molar-refractivity contribution >= 4 is 45.7 Å². The van der Waals surface area contributed by atoms with Gasteiger partial charge in [-0.15, -0.1) is 0 Å². The molecule has 0 aliphatic carbocycles. The van der Waals surface area contributed by atoms with E-state index in [1.165, 1.54) is 58.7 Å². The maximum Gasteiger partial charge on any atom is 0.0209 e. The van der Waals surface area contributed by atoms with E-state index in [4.69, 9.17) is 0 Å². The van der Waals surface area contributed by atoms with Crippen molar-refractivity contribution in [2.45, 2.75) is 12.8 Å². The Hall–Kier alpha value is 1.34. The van der Waals surface area contributed by atoms with Gasteiger partial charge in [0, 0.05) is 91.5 Å². The Bertz CT molecular complexity index is 195.